The molecular formula is C4H7BN2. The van der Waals surface area contributed by atoms with Crippen molar-refractivity contribution >= 4 is 7.07 Å². The monoisotopic (exact) mass is 94.1 g/mol. The zero-order chi connectivity index (χ0) is 5.11. The van der Waals surface area contributed by atoms with Crippen molar-refractivity contribution in [3.05, 3.63) is 11.8 Å². The molecule has 0 unspecified atom stereocenters. The molecule has 2 nitrogen and oxygen atoms in total. The number of hydrogen-bond donors (Lipinski definition) is 1. The fourth-order valence-electron chi connectivity index (χ4n) is 0.498. The molecule has 0 aromatic heterocycles. The van der Waals surface area contributed by atoms with Gasteiger partial charge in [-0.15, -0.1) is 0 Å². The zero-order valence-corrected chi connectivity index (χ0v) is 4.09. The minimum atomic E-state index is 0.770. The second-order valence-electron chi connectivity index (χ2n) is 1.53. The molecular weight excluding hydrogens is 86.9 g/mol. The number of allylic oxidation sites excluding steroid dienone is 1. The van der Waals surface area contributed by atoms with Gasteiger partial charge in [0.05, 0.1) is 0 Å². The number of rotatable bonds is 0. The zero-order valence-electron chi connectivity index (χ0n) is 4.09. The first-order valence-corrected chi connectivity index (χ1v) is 2.32. The summed E-state index contributed by atoms with van der Waals surface area (Å²) < 4.78 is 0. The fraction of sp³-hybridized carbons (Fsp3) is 0.500. The van der Waals surface area contributed by atoms with E-state index in [0.717, 1.165) is 18.6 Å². The molecule has 1 heterocycles. The van der Waals surface area contributed by atoms with Crippen LogP contribution in [0, 0.1) is 0 Å². The predicted molar refractivity (Wildman–Crippen MR) is 30.1 cm³/mol. The van der Waals surface area contributed by atoms with Crippen molar-refractivity contribution in [2.45, 2.75) is 6.32 Å². The van der Waals surface area contributed by atoms with Crippen LogP contribution in [0.3, 0.4) is 0 Å². The molecule has 3 heteroatoms. The third kappa shape index (κ3) is 1.14. The van der Waals surface area contributed by atoms with Crippen LogP contribution in [0.4, 0.5) is 0 Å². The Kier molecular flexibility index (Phi) is 1.25. The van der Waals surface area contributed by atoms with Crippen molar-refractivity contribution < 1.29 is 0 Å². The van der Waals surface area contributed by atoms with Gasteiger partial charge in [0, 0.05) is 0 Å². The third-order valence-electron chi connectivity index (χ3n) is 0.915. The summed E-state index contributed by atoms with van der Waals surface area (Å²) in [4.78, 5) is 3.95. The molecule has 0 fully saturated rings. The van der Waals surface area contributed by atoms with Crippen LogP contribution < -0.4 is 5.73 Å². The van der Waals surface area contributed by atoms with Crippen molar-refractivity contribution in [3.8, 4) is 0 Å². The second kappa shape index (κ2) is 1.91. The van der Waals surface area contributed by atoms with Crippen molar-refractivity contribution in [1.82, 2.24) is 0 Å². The van der Waals surface area contributed by atoms with E-state index in [1.54, 1.807) is 0 Å². The standard InChI is InChI=1S/C4H7BN2/c6-4-1-2-7-5-3-4/h1H,2-3,6H2. The molecule has 2 N–H and O–H groups in total. The summed E-state index contributed by atoms with van der Waals surface area (Å²) in [5.74, 6) is 0. The van der Waals surface area contributed by atoms with Gasteiger partial charge >= 0.3 is 42.3 Å². The summed E-state index contributed by atoms with van der Waals surface area (Å²) >= 11 is 0. The molecule has 7 heavy (non-hydrogen) atoms. The fourth-order valence-corrected chi connectivity index (χ4v) is 0.498. The van der Waals surface area contributed by atoms with Gasteiger partial charge < -0.3 is 0 Å². The first-order valence-electron chi connectivity index (χ1n) is 2.32. The topological polar surface area (TPSA) is 38.4 Å². The van der Waals surface area contributed by atoms with E-state index in [9.17, 15) is 0 Å². The second-order valence-corrected chi connectivity index (χ2v) is 1.53. The first kappa shape index (κ1) is 4.56. The van der Waals surface area contributed by atoms with E-state index in [1.165, 1.54) is 0 Å². The van der Waals surface area contributed by atoms with E-state index in [0.29, 0.717) is 0 Å². The molecule has 36 valence electrons. The molecule has 0 radical (unpaired) electrons. The van der Waals surface area contributed by atoms with Gasteiger partial charge in [-0.3, -0.25) is 0 Å². The van der Waals surface area contributed by atoms with Crippen LogP contribution in [0.5, 0.6) is 0 Å². The Balaban J connectivity index is 2.50. The molecule has 1 aliphatic rings. The maximum atomic E-state index is 5.40. The molecule has 1 aliphatic heterocycles. The third-order valence-corrected chi connectivity index (χ3v) is 0.915. The van der Waals surface area contributed by atoms with Gasteiger partial charge in [0.15, 0.2) is 0 Å². The van der Waals surface area contributed by atoms with Gasteiger partial charge in [-0.1, -0.05) is 0 Å². The molecule has 0 aliphatic carbocycles. The van der Waals surface area contributed by atoms with Crippen LogP contribution in [-0.4, -0.2) is 13.6 Å². The van der Waals surface area contributed by atoms with E-state index in [-0.39, 0.29) is 0 Å². The quantitative estimate of drug-likeness (QED) is 0.426. The molecule has 0 bridgehead atoms. The molecule has 1 rings (SSSR count). The summed E-state index contributed by atoms with van der Waals surface area (Å²) in [5.41, 5.74) is 6.34. The Morgan fingerprint density at radius 1 is 1.86 bits per heavy atom. The van der Waals surface area contributed by atoms with Crippen molar-refractivity contribution in [2.24, 2.45) is 10.6 Å². The van der Waals surface area contributed by atoms with E-state index in [4.69, 9.17) is 5.73 Å². The molecule has 0 aromatic carbocycles. The van der Waals surface area contributed by atoms with Crippen molar-refractivity contribution in [2.75, 3.05) is 6.54 Å². The number of hydrogen-bond acceptors (Lipinski definition) is 2. The summed E-state index contributed by atoms with van der Waals surface area (Å²) in [6, 6.07) is 0. The van der Waals surface area contributed by atoms with Gasteiger partial charge in [-0.05, 0) is 0 Å². The summed E-state index contributed by atoms with van der Waals surface area (Å²) in [5, 5.41) is 0. The molecule has 0 saturated heterocycles. The predicted octanol–water partition coefficient (Wildman–Crippen LogP) is 0.149. The summed E-state index contributed by atoms with van der Waals surface area (Å²) in [6.45, 7) is 0.770. The molecule has 0 aromatic rings. The van der Waals surface area contributed by atoms with Crippen LogP contribution in [0.2, 0.25) is 6.32 Å². The number of nitrogens with two attached hydrogens (primary N) is 1. The maximum absolute atomic E-state index is 5.40. The van der Waals surface area contributed by atoms with Gasteiger partial charge in [-0.2, -0.15) is 0 Å². The Hall–Kier alpha value is -0.595. The van der Waals surface area contributed by atoms with E-state index >= 15 is 0 Å². The van der Waals surface area contributed by atoms with Gasteiger partial charge in [0.1, 0.15) is 0 Å². The average Bonchev–Trinajstić information content (AvgIpc) is 1.69. The Labute approximate surface area is 43.4 Å². The SMILES string of the molecule is NC1=CCN=BC1. The van der Waals surface area contributed by atoms with Crippen LogP contribution in [0.25, 0.3) is 0 Å². The van der Waals surface area contributed by atoms with E-state index < -0.39 is 0 Å². The molecule has 0 saturated carbocycles. The Bertz CT molecular complexity index is 117. The van der Waals surface area contributed by atoms with Gasteiger partial charge in [0.25, 0.3) is 0 Å². The summed E-state index contributed by atoms with van der Waals surface area (Å²) in [7, 11) is 1.84. The number of nitrogens with zero attached hydrogens (tertiary/aromatic N) is 1. The molecule has 0 atom stereocenters. The van der Waals surface area contributed by atoms with Crippen LogP contribution >= 0.6 is 0 Å². The van der Waals surface area contributed by atoms with Crippen LogP contribution in [0.15, 0.2) is 16.7 Å². The van der Waals surface area contributed by atoms with E-state index in [1.807, 2.05) is 13.1 Å². The summed E-state index contributed by atoms with van der Waals surface area (Å²) in [6.07, 6.45) is 2.76. The minimum absolute atomic E-state index is 0.770. The Morgan fingerprint density at radius 3 is 3.00 bits per heavy atom. The van der Waals surface area contributed by atoms with Crippen LogP contribution in [0.1, 0.15) is 0 Å². The van der Waals surface area contributed by atoms with Crippen LogP contribution in [-0.2, 0) is 0 Å². The van der Waals surface area contributed by atoms with E-state index in [2.05, 4.69) is 4.90 Å². The Morgan fingerprint density at radius 2 is 2.71 bits per heavy atom. The molecule has 0 amide bonds. The average molecular weight is 93.9 g/mol. The van der Waals surface area contributed by atoms with Crippen molar-refractivity contribution in [3.63, 3.8) is 0 Å². The first-order chi connectivity index (χ1) is 3.39. The van der Waals surface area contributed by atoms with Crippen molar-refractivity contribution in [1.29, 1.82) is 0 Å². The van der Waals surface area contributed by atoms with Gasteiger partial charge in [0.2, 0.25) is 0 Å². The van der Waals surface area contributed by atoms with Gasteiger partial charge in [-0.25, -0.2) is 0 Å². The molecule has 0 spiro atoms. The normalized spacial score (nSPS) is 18.0.